The van der Waals surface area contributed by atoms with Crippen LogP contribution in [0.3, 0.4) is 0 Å². The molecule has 0 unspecified atom stereocenters. The van der Waals surface area contributed by atoms with Crippen LogP contribution in [0.2, 0.25) is 0 Å². The van der Waals surface area contributed by atoms with Crippen LogP contribution in [-0.4, -0.2) is 38.7 Å². The highest BCUT2D eigenvalue weighted by molar-refractivity contribution is 7.89. The molecule has 0 saturated heterocycles. The second kappa shape index (κ2) is 6.08. The zero-order chi connectivity index (χ0) is 16.4. The fraction of sp³-hybridized carbons (Fsp3) is 0.462. The van der Waals surface area contributed by atoms with Gasteiger partial charge in [0, 0.05) is 12.7 Å². The van der Waals surface area contributed by atoms with E-state index in [2.05, 4.69) is 4.72 Å². The lowest BCUT2D eigenvalue weighted by Crippen LogP contribution is -2.46. The number of carboxylic acid groups (broad SMARTS) is 1. The predicted octanol–water partition coefficient (Wildman–Crippen LogP) is 1.54. The molecule has 0 bridgehead atoms. The number of ether oxygens (including phenoxy) is 1. The summed E-state index contributed by atoms with van der Waals surface area (Å²) in [6, 6.07) is 1.73. The van der Waals surface area contributed by atoms with Gasteiger partial charge in [-0.3, -0.25) is 0 Å². The van der Waals surface area contributed by atoms with E-state index in [4.69, 9.17) is 9.84 Å². The lowest BCUT2D eigenvalue weighted by Gasteiger charge is -2.25. The second-order valence-electron chi connectivity index (χ2n) is 5.31. The fourth-order valence-electron chi connectivity index (χ4n) is 1.87. The highest BCUT2D eigenvalue weighted by Crippen LogP contribution is 2.22. The predicted molar refractivity (Wildman–Crippen MR) is 74.4 cm³/mol. The maximum absolute atomic E-state index is 13.7. The second-order valence-corrected chi connectivity index (χ2v) is 6.96. The van der Waals surface area contributed by atoms with Crippen LogP contribution in [0, 0.1) is 12.7 Å². The molecule has 0 fully saturated rings. The summed E-state index contributed by atoms with van der Waals surface area (Å²) in [4.78, 5) is 10.5. The number of hydrogen-bond acceptors (Lipinski definition) is 4. The molecule has 0 heterocycles. The first-order valence-corrected chi connectivity index (χ1v) is 7.55. The van der Waals surface area contributed by atoms with Crippen LogP contribution in [-0.2, 0) is 14.8 Å². The summed E-state index contributed by atoms with van der Waals surface area (Å²) in [6.07, 6.45) is 0. The van der Waals surface area contributed by atoms with Crippen molar-refractivity contribution in [2.24, 2.45) is 0 Å². The summed E-state index contributed by atoms with van der Waals surface area (Å²) >= 11 is 0. The molecule has 0 spiro atoms. The molecule has 0 aliphatic rings. The smallest absolute Gasteiger partial charge is 0.335 e. The Labute approximate surface area is 123 Å². The highest BCUT2D eigenvalue weighted by Gasteiger charge is 2.29. The number of benzene rings is 1. The maximum atomic E-state index is 13.7. The van der Waals surface area contributed by atoms with Crippen LogP contribution in [0.15, 0.2) is 17.0 Å². The number of carbonyl (C=O) groups is 1. The van der Waals surface area contributed by atoms with Gasteiger partial charge in [0.25, 0.3) is 0 Å². The first-order chi connectivity index (χ1) is 9.50. The Bertz CT molecular complexity index is 655. The summed E-state index contributed by atoms with van der Waals surface area (Å²) in [7, 11) is -2.66. The first-order valence-electron chi connectivity index (χ1n) is 6.06. The Morgan fingerprint density at radius 3 is 2.48 bits per heavy atom. The van der Waals surface area contributed by atoms with Crippen molar-refractivity contribution in [3.63, 3.8) is 0 Å². The average molecular weight is 319 g/mol. The van der Waals surface area contributed by atoms with E-state index in [1.165, 1.54) is 14.0 Å². The number of rotatable bonds is 6. The molecule has 8 heteroatoms. The standard InChI is InChI=1S/C13H18FNO5S/c1-8-10(14)5-9(12(16)17)6-11(8)21(18,19)15-13(2,3)7-20-4/h5-6,15H,7H2,1-4H3,(H,16,17). The van der Waals surface area contributed by atoms with Crippen LogP contribution >= 0.6 is 0 Å². The molecule has 0 radical (unpaired) electrons. The van der Waals surface area contributed by atoms with Gasteiger partial charge in [-0.15, -0.1) is 0 Å². The van der Waals surface area contributed by atoms with Gasteiger partial charge >= 0.3 is 5.97 Å². The van der Waals surface area contributed by atoms with E-state index in [-0.39, 0.29) is 12.2 Å². The molecular weight excluding hydrogens is 301 g/mol. The minimum atomic E-state index is -4.08. The van der Waals surface area contributed by atoms with Gasteiger partial charge in [-0.25, -0.2) is 22.3 Å². The topological polar surface area (TPSA) is 92.7 Å². The summed E-state index contributed by atoms with van der Waals surface area (Å²) < 4.78 is 45.7. The third-order valence-electron chi connectivity index (χ3n) is 2.75. The lowest BCUT2D eigenvalue weighted by atomic mass is 10.1. The summed E-state index contributed by atoms with van der Waals surface area (Å²) in [6.45, 7) is 4.58. The summed E-state index contributed by atoms with van der Waals surface area (Å²) in [5.41, 5.74) is -1.49. The number of methoxy groups -OCH3 is 1. The van der Waals surface area contributed by atoms with Crippen molar-refractivity contribution in [3.8, 4) is 0 Å². The van der Waals surface area contributed by atoms with Gasteiger partial charge in [-0.1, -0.05) is 0 Å². The number of sulfonamides is 1. The highest BCUT2D eigenvalue weighted by atomic mass is 32.2. The molecule has 6 nitrogen and oxygen atoms in total. The maximum Gasteiger partial charge on any atom is 0.335 e. The Balaban J connectivity index is 3.35. The molecule has 1 rings (SSSR count). The quantitative estimate of drug-likeness (QED) is 0.829. The SMILES string of the molecule is COCC(C)(C)NS(=O)(=O)c1cc(C(=O)O)cc(F)c1C. The van der Waals surface area contributed by atoms with Gasteiger partial charge in [0.15, 0.2) is 0 Å². The van der Waals surface area contributed by atoms with Crippen LogP contribution in [0.5, 0.6) is 0 Å². The van der Waals surface area contributed by atoms with Crippen LogP contribution in [0.1, 0.15) is 29.8 Å². The third kappa shape index (κ3) is 4.23. The molecule has 0 atom stereocenters. The Kier molecular flexibility index (Phi) is 5.08. The zero-order valence-corrected chi connectivity index (χ0v) is 13.0. The minimum Gasteiger partial charge on any atom is -0.478 e. The molecule has 0 aliphatic carbocycles. The molecular formula is C13H18FNO5S. The molecule has 0 saturated carbocycles. The molecule has 21 heavy (non-hydrogen) atoms. The van der Waals surface area contributed by atoms with Crippen molar-refractivity contribution < 1.29 is 27.4 Å². The molecule has 118 valence electrons. The average Bonchev–Trinajstić information content (AvgIpc) is 2.30. The molecule has 0 amide bonds. The number of aromatic carboxylic acids is 1. The monoisotopic (exact) mass is 319 g/mol. The normalized spacial score (nSPS) is 12.4. The van der Waals surface area contributed by atoms with E-state index in [1.54, 1.807) is 13.8 Å². The van der Waals surface area contributed by atoms with Gasteiger partial charge < -0.3 is 9.84 Å². The molecule has 0 aromatic heterocycles. The molecule has 1 aromatic rings. The lowest BCUT2D eigenvalue weighted by molar-refractivity contribution is 0.0696. The van der Waals surface area contributed by atoms with Gasteiger partial charge in [0.05, 0.1) is 22.6 Å². The van der Waals surface area contributed by atoms with Gasteiger partial charge in [-0.05, 0) is 32.9 Å². The van der Waals surface area contributed by atoms with Crippen molar-refractivity contribution in [1.29, 1.82) is 0 Å². The van der Waals surface area contributed by atoms with Crippen LogP contribution in [0.25, 0.3) is 0 Å². The zero-order valence-electron chi connectivity index (χ0n) is 12.2. The van der Waals surface area contributed by atoms with E-state index >= 15 is 0 Å². The van der Waals surface area contributed by atoms with Crippen molar-refractivity contribution in [1.82, 2.24) is 4.72 Å². The summed E-state index contributed by atoms with van der Waals surface area (Å²) in [5, 5.41) is 8.91. The number of halogens is 1. The molecule has 0 aliphatic heterocycles. The molecule has 2 N–H and O–H groups in total. The van der Waals surface area contributed by atoms with E-state index in [1.807, 2.05) is 0 Å². The van der Waals surface area contributed by atoms with E-state index in [0.717, 1.165) is 12.1 Å². The van der Waals surface area contributed by atoms with Crippen molar-refractivity contribution in [2.45, 2.75) is 31.2 Å². The Hall–Kier alpha value is -1.51. The van der Waals surface area contributed by atoms with E-state index < -0.39 is 37.8 Å². The van der Waals surface area contributed by atoms with Crippen molar-refractivity contribution >= 4 is 16.0 Å². The fourth-order valence-corrected chi connectivity index (χ4v) is 3.54. The van der Waals surface area contributed by atoms with Gasteiger partial charge in [-0.2, -0.15) is 0 Å². The van der Waals surface area contributed by atoms with Gasteiger partial charge in [0.2, 0.25) is 10.0 Å². The van der Waals surface area contributed by atoms with Crippen LogP contribution in [0.4, 0.5) is 4.39 Å². The Morgan fingerprint density at radius 1 is 1.43 bits per heavy atom. The number of nitrogens with one attached hydrogen (secondary N) is 1. The number of carboxylic acids is 1. The Morgan fingerprint density at radius 2 is 2.00 bits per heavy atom. The van der Waals surface area contributed by atoms with Crippen molar-refractivity contribution in [3.05, 3.63) is 29.1 Å². The third-order valence-corrected chi connectivity index (χ3v) is 4.57. The summed E-state index contributed by atoms with van der Waals surface area (Å²) in [5.74, 6) is -2.29. The largest absolute Gasteiger partial charge is 0.478 e. The first kappa shape index (κ1) is 17.5. The van der Waals surface area contributed by atoms with E-state index in [9.17, 15) is 17.6 Å². The van der Waals surface area contributed by atoms with Gasteiger partial charge in [0.1, 0.15) is 5.82 Å². The van der Waals surface area contributed by atoms with Crippen LogP contribution < -0.4 is 4.72 Å². The minimum absolute atomic E-state index is 0.104. The van der Waals surface area contributed by atoms with Crippen molar-refractivity contribution in [2.75, 3.05) is 13.7 Å². The molecule has 1 aromatic carbocycles. The van der Waals surface area contributed by atoms with E-state index in [0.29, 0.717) is 0 Å². The number of hydrogen-bond donors (Lipinski definition) is 2.